The van der Waals surface area contributed by atoms with E-state index in [0.717, 1.165) is 0 Å². The standard InChI is InChI=1S/C10H5ClF2N2O2/c11-6-4-14-15-8(6)5-2-1-3-7-9(5)17-10(12,13)16-7/h1-4H,(H,14,15). The number of ether oxygens (including phenoxy) is 2. The maximum absolute atomic E-state index is 13.0. The highest BCUT2D eigenvalue weighted by molar-refractivity contribution is 6.33. The maximum Gasteiger partial charge on any atom is 0.586 e. The van der Waals surface area contributed by atoms with Gasteiger partial charge in [-0.05, 0) is 12.1 Å². The van der Waals surface area contributed by atoms with Crippen molar-refractivity contribution in [2.24, 2.45) is 0 Å². The van der Waals surface area contributed by atoms with E-state index in [4.69, 9.17) is 11.6 Å². The van der Waals surface area contributed by atoms with Crippen LogP contribution in [0.4, 0.5) is 8.78 Å². The molecule has 2 aromatic rings. The van der Waals surface area contributed by atoms with Crippen LogP contribution in [0, 0.1) is 0 Å². The van der Waals surface area contributed by atoms with Gasteiger partial charge in [0.1, 0.15) is 0 Å². The second kappa shape index (κ2) is 3.33. The molecule has 1 aliphatic rings. The van der Waals surface area contributed by atoms with E-state index >= 15 is 0 Å². The quantitative estimate of drug-likeness (QED) is 0.855. The molecule has 4 nitrogen and oxygen atoms in total. The number of alkyl halides is 2. The molecule has 1 aliphatic heterocycles. The van der Waals surface area contributed by atoms with Gasteiger partial charge in [-0.15, -0.1) is 8.78 Å². The zero-order valence-corrected chi connectivity index (χ0v) is 8.96. The normalized spacial score (nSPS) is 16.2. The second-order valence-corrected chi connectivity index (χ2v) is 3.80. The number of hydrogen-bond acceptors (Lipinski definition) is 3. The summed E-state index contributed by atoms with van der Waals surface area (Å²) >= 11 is 5.87. The van der Waals surface area contributed by atoms with Gasteiger partial charge >= 0.3 is 6.29 Å². The van der Waals surface area contributed by atoms with Gasteiger partial charge in [-0.25, -0.2) is 0 Å². The molecule has 0 atom stereocenters. The Bertz CT molecular complexity index is 585. The first-order valence-corrected chi connectivity index (χ1v) is 5.03. The fourth-order valence-electron chi connectivity index (χ4n) is 1.63. The monoisotopic (exact) mass is 258 g/mol. The van der Waals surface area contributed by atoms with Crippen LogP contribution in [0.1, 0.15) is 0 Å². The summed E-state index contributed by atoms with van der Waals surface area (Å²) < 4.78 is 34.7. The number of nitrogens with zero attached hydrogens (tertiary/aromatic N) is 1. The molecule has 1 N–H and O–H groups in total. The molecular weight excluding hydrogens is 254 g/mol. The summed E-state index contributed by atoms with van der Waals surface area (Å²) in [6.45, 7) is 0. The van der Waals surface area contributed by atoms with E-state index in [1.165, 1.54) is 12.3 Å². The molecule has 0 saturated heterocycles. The predicted molar refractivity (Wildman–Crippen MR) is 55.2 cm³/mol. The molecule has 0 aliphatic carbocycles. The van der Waals surface area contributed by atoms with Crippen LogP contribution in [0.3, 0.4) is 0 Å². The number of benzene rings is 1. The van der Waals surface area contributed by atoms with Gasteiger partial charge < -0.3 is 9.47 Å². The molecule has 3 rings (SSSR count). The number of aromatic amines is 1. The van der Waals surface area contributed by atoms with Gasteiger partial charge in [0, 0.05) is 5.56 Å². The van der Waals surface area contributed by atoms with Crippen LogP contribution in [-0.4, -0.2) is 16.5 Å². The van der Waals surface area contributed by atoms with E-state index in [2.05, 4.69) is 19.7 Å². The minimum absolute atomic E-state index is 0.0295. The third kappa shape index (κ3) is 1.61. The average molecular weight is 259 g/mol. The van der Waals surface area contributed by atoms with Crippen molar-refractivity contribution in [3.63, 3.8) is 0 Å². The Morgan fingerprint density at radius 1 is 1.29 bits per heavy atom. The molecule has 0 fully saturated rings. The Hall–Kier alpha value is -1.82. The molecule has 17 heavy (non-hydrogen) atoms. The van der Waals surface area contributed by atoms with Crippen LogP contribution in [0.25, 0.3) is 11.3 Å². The topological polar surface area (TPSA) is 47.1 Å². The minimum Gasteiger partial charge on any atom is -0.395 e. The van der Waals surface area contributed by atoms with E-state index in [-0.39, 0.29) is 11.5 Å². The van der Waals surface area contributed by atoms with Gasteiger partial charge in [-0.1, -0.05) is 17.7 Å². The largest absolute Gasteiger partial charge is 0.586 e. The van der Waals surface area contributed by atoms with Crippen molar-refractivity contribution in [3.8, 4) is 22.8 Å². The number of nitrogens with one attached hydrogen (secondary N) is 1. The molecule has 0 saturated carbocycles. The highest BCUT2D eigenvalue weighted by atomic mass is 35.5. The number of H-pyrrole nitrogens is 1. The summed E-state index contributed by atoms with van der Waals surface area (Å²) in [5.74, 6) is -0.0817. The van der Waals surface area contributed by atoms with Crippen molar-refractivity contribution in [3.05, 3.63) is 29.4 Å². The third-order valence-corrected chi connectivity index (χ3v) is 2.58. The number of halogens is 3. The van der Waals surface area contributed by atoms with Crippen molar-refractivity contribution in [1.82, 2.24) is 10.2 Å². The van der Waals surface area contributed by atoms with E-state index in [9.17, 15) is 8.78 Å². The molecule has 0 spiro atoms. The highest BCUT2D eigenvalue weighted by Gasteiger charge is 2.44. The lowest BCUT2D eigenvalue weighted by Crippen LogP contribution is -2.26. The summed E-state index contributed by atoms with van der Waals surface area (Å²) in [5.41, 5.74) is 0.784. The Labute approximate surface area is 99.1 Å². The number of fused-ring (bicyclic) bond motifs is 1. The first kappa shape index (κ1) is 10.3. The molecule has 0 radical (unpaired) electrons. The Balaban J connectivity index is 2.16. The van der Waals surface area contributed by atoms with E-state index < -0.39 is 6.29 Å². The van der Waals surface area contributed by atoms with Crippen LogP contribution in [-0.2, 0) is 0 Å². The first-order chi connectivity index (χ1) is 8.07. The van der Waals surface area contributed by atoms with Crippen LogP contribution in [0.15, 0.2) is 24.4 Å². The van der Waals surface area contributed by atoms with Gasteiger partial charge in [-0.2, -0.15) is 5.10 Å². The van der Waals surface area contributed by atoms with Gasteiger partial charge in [0.05, 0.1) is 16.9 Å². The van der Waals surface area contributed by atoms with Crippen LogP contribution < -0.4 is 9.47 Å². The van der Waals surface area contributed by atoms with E-state index in [1.807, 2.05) is 0 Å². The molecule has 2 heterocycles. The zero-order valence-electron chi connectivity index (χ0n) is 8.21. The van der Waals surface area contributed by atoms with Crippen molar-refractivity contribution in [2.45, 2.75) is 6.29 Å². The van der Waals surface area contributed by atoms with Crippen LogP contribution >= 0.6 is 11.6 Å². The van der Waals surface area contributed by atoms with Crippen LogP contribution in [0.2, 0.25) is 5.02 Å². The molecule has 7 heteroatoms. The zero-order chi connectivity index (χ0) is 12.0. The Morgan fingerprint density at radius 3 is 2.82 bits per heavy atom. The lowest BCUT2D eigenvalue weighted by Gasteiger charge is -2.06. The van der Waals surface area contributed by atoms with Gasteiger partial charge in [0.15, 0.2) is 11.5 Å². The lowest BCUT2D eigenvalue weighted by molar-refractivity contribution is -0.286. The van der Waals surface area contributed by atoms with Crippen LogP contribution in [0.5, 0.6) is 11.5 Å². The smallest absolute Gasteiger partial charge is 0.395 e. The number of hydrogen-bond donors (Lipinski definition) is 1. The van der Waals surface area contributed by atoms with E-state index in [0.29, 0.717) is 16.3 Å². The molecule has 1 aromatic heterocycles. The number of rotatable bonds is 1. The Kier molecular flexibility index (Phi) is 2.03. The lowest BCUT2D eigenvalue weighted by atomic mass is 10.1. The van der Waals surface area contributed by atoms with E-state index in [1.54, 1.807) is 12.1 Å². The molecule has 1 aromatic carbocycles. The molecular formula is C10H5ClF2N2O2. The van der Waals surface area contributed by atoms with Crippen molar-refractivity contribution >= 4 is 11.6 Å². The SMILES string of the molecule is FC1(F)Oc2cccc(-c3[nH]ncc3Cl)c2O1. The third-order valence-electron chi connectivity index (χ3n) is 2.29. The fraction of sp³-hybridized carbons (Fsp3) is 0.100. The molecule has 0 bridgehead atoms. The summed E-state index contributed by atoms with van der Waals surface area (Å²) in [5, 5.41) is 6.65. The minimum atomic E-state index is -3.65. The van der Waals surface area contributed by atoms with Crippen molar-refractivity contribution in [1.29, 1.82) is 0 Å². The van der Waals surface area contributed by atoms with Crippen molar-refractivity contribution in [2.75, 3.05) is 0 Å². The number of para-hydroxylation sites is 1. The van der Waals surface area contributed by atoms with Gasteiger partial charge in [0.25, 0.3) is 0 Å². The molecule has 0 amide bonds. The summed E-state index contributed by atoms with van der Waals surface area (Å²) in [6, 6.07) is 4.54. The maximum atomic E-state index is 13.0. The number of aromatic nitrogens is 2. The molecule has 88 valence electrons. The predicted octanol–water partition coefficient (Wildman–Crippen LogP) is 3.05. The summed E-state index contributed by atoms with van der Waals surface area (Å²) in [6.07, 6.45) is -2.27. The van der Waals surface area contributed by atoms with Crippen molar-refractivity contribution < 1.29 is 18.3 Å². The second-order valence-electron chi connectivity index (χ2n) is 3.39. The average Bonchev–Trinajstić information content (AvgIpc) is 2.78. The first-order valence-electron chi connectivity index (χ1n) is 4.65. The van der Waals surface area contributed by atoms with Gasteiger partial charge in [0.2, 0.25) is 0 Å². The Morgan fingerprint density at radius 2 is 2.12 bits per heavy atom. The highest BCUT2D eigenvalue weighted by Crippen LogP contribution is 2.47. The summed E-state index contributed by atoms with van der Waals surface area (Å²) in [7, 11) is 0. The van der Waals surface area contributed by atoms with Gasteiger partial charge in [-0.3, -0.25) is 5.10 Å². The molecule has 0 unspecified atom stereocenters. The fourth-order valence-corrected chi connectivity index (χ4v) is 1.82. The summed E-state index contributed by atoms with van der Waals surface area (Å²) in [4.78, 5) is 0.